The van der Waals surface area contributed by atoms with Crippen molar-refractivity contribution in [1.29, 1.82) is 5.26 Å². The zero-order valence-electron chi connectivity index (χ0n) is 11.2. The Bertz CT molecular complexity index is 419. The standard InChI is InChI=1S/C15H21N3/c1-12-8-13(2)10-14(9-12)15(11-16)18-6-3-4-17-5-7-18/h8-10,15,17H,3-7H2,1-2H3. The molecule has 3 nitrogen and oxygen atoms in total. The van der Waals surface area contributed by atoms with Gasteiger partial charge in [0.25, 0.3) is 0 Å². The molecule has 3 heteroatoms. The van der Waals surface area contributed by atoms with Gasteiger partial charge in [-0.3, -0.25) is 4.90 Å². The molecular weight excluding hydrogens is 222 g/mol. The van der Waals surface area contributed by atoms with Gasteiger partial charge in [0.15, 0.2) is 0 Å². The third-order valence-corrected chi connectivity index (χ3v) is 3.42. The fourth-order valence-corrected chi connectivity index (χ4v) is 2.66. The van der Waals surface area contributed by atoms with Gasteiger partial charge < -0.3 is 5.32 Å². The van der Waals surface area contributed by atoms with Gasteiger partial charge >= 0.3 is 0 Å². The number of nitriles is 1. The van der Waals surface area contributed by atoms with Crippen LogP contribution >= 0.6 is 0 Å². The molecule has 0 spiro atoms. The first kappa shape index (κ1) is 13.1. The van der Waals surface area contributed by atoms with Crippen LogP contribution in [0, 0.1) is 25.2 Å². The van der Waals surface area contributed by atoms with E-state index in [-0.39, 0.29) is 6.04 Å². The zero-order chi connectivity index (χ0) is 13.0. The average Bonchev–Trinajstić information content (AvgIpc) is 2.58. The lowest BCUT2D eigenvalue weighted by Crippen LogP contribution is -2.31. The van der Waals surface area contributed by atoms with E-state index in [0.717, 1.165) is 38.2 Å². The van der Waals surface area contributed by atoms with Crippen molar-refractivity contribution in [3.63, 3.8) is 0 Å². The minimum Gasteiger partial charge on any atom is -0.315 e. The van der Waals surface area contributed by atoms with E-state index in [2.05, 4.69) is 48.3 Å². The minimum atomic E-state index is -0.108. The van der Waals surface area contributed by atoms with E-state index < -0.39 is 0 Å². The zero-order valence-corrected chi connectivity index (χ0v) is 11.2. The maximum atomic E-state index is 9.49. The van der Waals surface area contributed by atoms with Crippen molar-refractivity contribution in [3.05, 3.63) is 34.9 Å². The van der Waals surface area contributed by atoms with Gasteiger partial charge in [-0.05, 0) is 32.4 Å². The Hall–Kier alpha value is -1.37. The van der Waals surface area contributed by atoms with Crippen molar-refractivity contribution in [2.45, 2.75) is 26.3 Å². The Morgan fingerprint density at radius 3 is 2.56 bits per heavy atom. The molecule has 1 aliphatic rings. The van der Waals surface area contributed by atoms with Gasteiger partial charge in [-0.15, -0.1) is 0 Å². The Balaban J connectivity index is 2.24. The molecule has 0 amide bonds. The highest BCUT2D eigenvalue weighted by Crippen LogP contribution is 2.23. The van der Waals surface area contributed by atoms with Gasteiger partial charge in [-0.1, -0.05) is 29.3 Å². The smallest absolute Gasteiger partial charge is 0.123 e. The summed E-state index contributed by atoms with van der Waals surface area (Å²) in [5, 5.41) is 12.9. The lowest BCUT2D eigenvalue weighted by Gasteiger charge is -2.25. The van der Waals surface area contributed by atoms with E-state index in [0.29, 0.717) is 0 Å². The van der Waals surface area contributed by atoms with Crippen molar-refractivity contribution in [2.75, 3.05) is 26.2 Å². The summed E-state index contributed by atoms with van der Waals surface area (Å²) in [4.78, 5) is 2.29. The molecule has 96 valence electrons. The van der Waals surface area contributed by atoms with E-state index in [4.69, 9.17) is 0 Å². The van der Waals surface area contributed by atoms with Gasteiger partial charge in [0.2, 0.25) is 0 Å². The lowest BCUT2D eigenvalue weighted by molar-refractivity contribution is 0.252. The Kier molecular flexibility index (Phi) is 4.35. The van der Waals surface area contributed by atoms with Crippen molar-refractivity contribution in [2.24, 2.45) is 0 Å². The van der Waals surface area contributed by atoms with Crippen LogP contribution in [0.1, 0.15) is 29.2 Å². The predicted octanol–water partition coefficient (Wildman–Crippen LogP) is 2.16. The van der Waals surface area contributed by atoms with E-state index in [1.54, 1.807) is 0 Å². The van der Waals surface area contributed by atoms with Crippen LogP contribution in [0.4, 0.5) is 0 Å². The minimum absolute atomic E-state index is 0.108. The fraction of sp³-hybridized carbons (Fsp3) is 0.533. The van der Waals surface area contributed by atoms with Gasteiger partial charge in [0, 0.05) is 19.6 Å². The van der Waals surface area contributed by atoms with E-state index in [1.165, 1.54) is 11.1 Å². The average molecular weight is 243 g/mol. The summed E-state index contributed by atoms with van der Waals surface area (Å²) < 4.78 is 0. The highest BCUT2D eigenvalue weighted by atomic mass is 15.2. The van der Waals surface area contributed by atoms with Crippen LogP contribution in [0.3, 0.4) is 0 Å². The molecule has 2 rings (SSSR count). The third-order valence-electron chi connectivity index (χ3n) is 3.42. The number of benzene rings is 1. The first-order valence-corrected chi connectivity index (χ1v) is 6.63. The Morgan fingerprint density at radius 2 is 1.89 bits per heavy atom. The molecule has 1 aromatic carbocycles. The van der Waals surface area contributed by atoms with E-state index in [1.807, 2.05) is 0 Å². The first-order chi connectivity index (χ1) is 8.70. The molecule has 1 saturated heterocycles. The monoisotopic (exact) mass is 243 g/mol. The SMILES string of the molecule is Cc1cc(C)cc(C(C#N)N2CCCNCC2)c1. The summed E-state index contributed by atoms with van der Waals surface area (Å²) in [6.45, 7) is 8.16. The van der Waals surface area contributed by atoms with Crippen LogP contribution < -0.4 is 5.32 Å². The molecule has 1 N–H and O–H groups in total. The highest BCUT2D eigenvalue weighted by molar-refractivity contribution is 5.33. The summed E-state index contributed by atoms with van der Waals surface area (Å²) in [5.74, 6) is 0. The normalized spacial score (nSPS) is 18.9. The lowest BCUT2D eigenvalue weighted by atomic mass is 10.0. The summed E-state index contributed by atoms with van der Waals surface area (Å²) in [5.41, 5.74) is 3.60. The molecule has 0 saturated carbocycles. The third kappa shape index (κ3) is 3.10. The molecule has 1 heterocycles. The molecular formula is C15H21N3. The number of nitrogens with zero attached hydrogens (tertiary/aromatic N) is 2. The van der Waals surface area contributed by atoms with E-state index in [9.17, 15) is 5.26 Å². The van der Waals surface area contributed by atoms with Crippen LogP contribution in [-0.4, -0.2) is 31.1 Å². The number of nitrogens with one attached hydrogen (secondary N) is 1. The largest absolute Gasteiger partial charge is 0.315 e. The molecule has 18 heavy (non-hydrogen) atoms. The molecule has 1 aromatic rings. The molecule has 0 aromatic heterocycles. The summed E-state index contributed by atoms with van der Waals surface area (Å²) in [6.07, 6.45) is 1.11. The molecule has 0 radical (unpaired) electrons. The van der Waals surface area contributed by atoms with Crippen LogP contribution in [0.2, 0.25) is 0 Å². The van der Waals surface area contributed by atoms with Crippen LogP contribution in [-0.2, 0) is 0 Å². The molecule has 0 bridgehead atoms. The van der Waals surface area contributed by atoms with E-state index >= 15 is 0 Å². The highest BCUT2D eigenvalue weighted by Gasteiger charge is 2.21. The second-order valence-corrected chi connectivity index (χ2v) is 5.09. The van der Waals surface area contributed by atoms with Gasteiger partial charge in [-0.25, -0.2) is 0 Å². The quantitative estimate of drug-likeness (QED) is 0.865. The molecule has 1 atom stereocenters. The second-order valence-electron chi connectivity index (χ2n) is 5.09. The van der Waals surface area contributed by atoms with Gasteiger partial charge in [-0.2, -0.15) is 5.26 Å². The number of rotatable bonds is 2. The van der Waals surface area contributed by atoms with Crippen LogP contribution in [0.5, 0.6) is 0 Å². The molecule has 1 unspecified atom stereocenters. The van der Waals surface area contributed by atoms with Crippen LogP contribution in [0.25, 0.3) is 0 Å². The number of hydrogen-bond acceptors (Lipinski definition) is 3. The molecule has 0 aliphatic carbocycles. The van der Waals surface area contributed by atoms with Crippen molar-refractivity contribution in [1.82, 2.24) is 10.2 Å². The second kappa shape index (κ2) is 5.99. The summed E-state index contributed by atoms with van der Waals surface area (Å²) in [7, 11) is 0. The van der Waals surface area contributed by atoms with Crippen molar-refractivity contribution < 1.29 is 0 Å². The van der Waals surface area contributed by atoms with Crippen molar-refractivity contribution in [3.8, 4) is 6.07 Å². The Morgan fingerprint density at radius 1 is 1.17 bits per heavy atom. The van der Waals surface area contributed by atoms with Crippen molar-refractivity contribution >= 4 is 0 Å². The molecule has 1 fully saturated rings. The number of aryl methyl sites for hydroxylation is 2. The van der Waals surface area contributed by atoms with Gasteiger partial charge in [0.1, 0.15) is 6.04 Å². The Labute approximate surface area is 109 Å². The maximum Gasteiger partial charge on any atom is 0.123 e. The first-order valence-electron chi connectivity index (χ1n) is 6.63. The van der Waals surface area contributed by atoms with Crippen LogP contribution in [0.15, 0.2) is 18.2 Å². The maximum absolute atomic E-state index is 9.49. The van der Waals surface area contributed by atoms with Gasteiger partial charge in [0.05, 0.1) is 6.07 Å². The summed E-state index contributed by atoms with van der Waals surface area (Å²) >= 11 is 0. The number of hydrogen-bond donors (Lipinski definition) is 1. The molecule has 1 aliphatic heterocycles. The topological polar surface area (TPSA) is 39.1 Å². The fourth-order valence-electron chi connectivity index (χ4n) is 2.66. The predicted molar refractivity (Wildman–Crippen MR) is 73.3 cm³/mol. The summed E-state index contributed by atoms with van der Waals surface area (Å²) in [6, 6.07) is 8.79.